The van der Waals surface area contributed by atoms with Gasteiger partial charge in [-0.1, -0.05) is 44.7 Å². The van der Waals surface area contributed by atoms with Crippen molar-refractivity contribution in [1.29, 1.82) is 0 Å². The van der Waals surface area contributed by atoms with E-state index in [1.165, 1.54) is 0 Å². The number of allylic oxidation sites excluding steroid dienone is 2. The van der Waals surface area contributed by atoms with E-state index in [0.29, 0.717) is 6.54 Å². The smallest absolute Gasteiger partial charge is 0.407 e. The molecule has 0 aliphatic carbocycles. The van der Waals surface area contributed by atoms with Crippen LogP contribution in [0.15, 0.2) is 36.5 Å². The third kappa shape index (κ3) is 14.5. The van der Waals surface area contributed by atoms with Gasteiger partial charge in [0.2, 0.25) is 0 Å². The summed E-state index contributed by atoms with van der Waals surface area (Å²) in [6, 6.07) is 0. The van der Waals surface area contributed by atoms with E-state index in [2.05, 4.69) is 18.5 Å². The molecular weight excluding hydrogens is 226 g/mol. The summed E-state index contributed by atoms with van der Waals surface area (Å²) >= 11 is 0. The van der Waals surface area contributed by atoms with Crippen LogP contribution in [-0.2, 0) is 4.74 Å². The molecule has 0 saturated carbocycles. The largest absolute Gasteiger partial charge is 0.444 e. The van der Waals surface area contributed by atoms with Gasteiger partial charge < -0.3 is 10.1 Å². The highest BCUT2D eigenvalue weighted by molar-refractivity contribution is 5.68. The second-order valence-corrected chi connectivity index (χ2v) is 4.69. The fourth-order valence-electron chi connectivity index (χ4n) is 0.819. The van der Waals surface area contributed by atoms with Gasteiger partial charge in [-0.3, -0.25) is 0 Å². The molecule has 0 rings (SSSR count). The topological polar surface area (TPSA) is 38.3 Å². The summed E-state index contributed by atoms with van der Waals surface area (Å²) in [6.07, 6.45) is 3.23. The molecule has 3 nitrogen and oxygen atoms in total. The molecule has 0 aromatic carbocycles. The fourth-order valence-corrected chi connectivity index (χ4v) is 0.819. The number of amides is 1. The van der Waals surface area contributed by atoms with Gasteiger partial charge in [0.15, 0.2) is 0 Å². The number of ether oxygens (including phenoxy) is 1. The van der Waals surface area contributed by atoms with Crippen molar-refractivity contribution in [3.8, 4) is 0 Å². The highest BCUT2D eigenvalue weighted by atomic mass is 16.6. The van der Waals surface area contributed by atoms with Crippen molar-refractivity contribution < 1.29 is 9.53 Å². The molecule has 104 valence electrons. The third-order valence-corrected chi connectivity index (χ3v) is 1.46. The van der Waals surface area contributed by atoms with Gasteiger partial charge in [-0.2, -0.15) is 0 Å². The van der Waals surface area contributed by atoms with E-state index in [1.54, 1.807) is 0 Å². The maximum atomic E-state index is 11.3. The van der Waals surface area contributed by atoms with Crippen molar-refractivity contribution in [3.63, 3.8) is 0 Å². The Morgan fingerprint density at radius 3 is 2.11 bits per heavy atom. The molecule has 3 heteroatoms. The standard InChI is InChI=1S/C13H21NO2.C2H6/c1-10(2)7-8-11(3)9-14-12(15)16-13(4,5)6;1-2/h7-8H,1,3,9H2,2,4-6H3,(H,14,15);1-2H3/b8-7-;. The lowest BCUT2D eigenvalue weighted by Crippen LogP contribution is -2.33. The molecule has 0 fully saturated rings. The minimum Gasteiger partial charge on any atom is -0.444 e. The lowest BCUT2D eigenvalue weighted by Gasteiger charge is -2.19. The van der Waals surface area contributed by atoms with Crippen LogP contribution in [0.1, 0.15) is 41.5 Å². The van der Waals surface area contributed by atoms with Gasteiger partial charge in [-0.15, -0.1) is 0 Å². The Morgan fingerprint density at radius 1 is 1.22 bits per heavy atom. The molecule has 0 heterocycles. The molecule has 0 aromatic heterocycles. The van der Waals surface area contributed by atoms with Gasteiger partial charge >= 0.3 is 6.09 Å². The molecule has 0 unspecified atom stereocenters. The first kappa shape index (κ1) is 18.8. The molecular formula is C15H27NO2. The van der Waals surface area contributed by atoms with E-state index in [4.69, 9.17) is 4.74 Å². The number of rotatable bonds is 4. The van der Waals surface area contributed by atoms with Gasteiger partial charge in [0.05, 0.1) is 0 Å². The number of alkyl carbamates (subject to hydrolysis) is 1. The highest BCUT2D eigenvalue weighted by Gasteiger charge is 2.15. The van der Waals surface area contributed by atoms with Gasteiger partial charge in [0.25, 0.3) is 0 Å². The number of nitrogens with one attached hydrogen (secondary N) is 1. The van der Waals surface area contributed by atoms with Crippen molar-refractivity contribution in [2.75, 3.05) is 6.54 Å². The van der Waals surface area contributed by atoms with E-state index >= 15 is 0 Å². The molecule has 0 radical (unpaired) electrons. The van der Waals surface area contributed by atoms with Crippen LogP contribution < -0.4 is 5.32 Å². The fraction of sp³-hybridized carbons (Fsp3) is 0.533. The molecule has 1 N–H and O–H groups in total. The first-order valence-corrected chi connectivity index (χ1v) is 6.19. The van der Waals surface area contributed by atoms with Crippen LogP contribution in [0.25, 0.3) is 0 Å². The molecule has 1 amide bonds. The summed E-state index contributed by atoms with van der Waals surface area (Å²) in [4.78, 5) is 11.3. The van der Waals surface area contributed by atoms with Crippen LogP contribution in [0.4, 0.5) is 4.79 Å². The maximum Gasteiger partial charge on any atom is 0.407 e. The van der Waals surface area contributed by atoms with Crippen LogP contribution >= 0.6 is 0 Å². The van der Waals surface area contributed by atoms with Gasteiger partial charge in [-0.25, -0.2) is 4.79 Å². The Morgan fingerprint density at radius 2 is 1.72 bits per heavy atom. The van der Waals surface area contributed by atoms with Gasteiger partial charge in [0.1, 0.15) is 5.60 Å². The minimum atomic E-state index is -0.473. The summed E-state index contributed by atoms with van der Waals surface area (Å²) in [5, 5.41) is 2.62. The van der Waals surface area contributed by atoms with Crippen LogP contribution in [0.2, 0.25) is 0 Å². The van der Waals surface area contributed by atoms with E-state index in [1.807, 2.05) is 53.7 Å². The number of carbonyl (C=O) groups is 1. The van der Waals surface area contributed by atoms with Crippen molar-refractivity contribution in [1.82, 2.24) is 5.32 Å². The zero-order valence-corrected chi connectivity index (χ0v) is 12.6. The Kier molecular flexibility index (Phi) is 9.96. The molecule has 0 aromatic rings. The molecule has 0 atom stereocenters. The average Bonchev–Trinajstić information content (AvgIpc) is 2.24. The SMILES string of the molecule is C=C(C)/C=C\C(=C)CNC(=O)OC(C)(C)C.CC. The zero-order chi connectivity index (χ0) is 14.8. The molecule has 0 aliphatic rings. The lowest BCUT2D eigenvalue weighted by atomic mass is 10.2. The molecule has 0 saturated heterocycles. The monoisotopic (exact) mass is 253 g/mol. The minimum absolute atomic E-state index is 0.374. The number of carbonyl (C=O) groups excluding carboxylic acids is 1. The Bertz CT molecular complexity index is 309. The number of hydrogen-bond acceptors (Lipinski definition) is 2. The first-order valence-electron chi connectivity index (χ1n) is 6.19. The Labute approximate surface area is 112 Å². The molecule has 18 heavy (non-hydrogen) atoms. The van der Waals surface area contributed by atoms with Crippen molar-refractivity contribution in [3.05, 3.63) is 36.5 Å². The average molecular weight is 253 g/mol. The predicted molar refractivity (Wildman–Crippen MR) is 78.7 cm³/mol. The van der Waals surface area contributed by atoms with Crippen LogP contribution in [-0.4, -0.2) is 18.2 Å². The normalized spacial score (nSPS) is 10.3. The van der Waals surface area contributed by atoms with Crippen LogP contribution in [0.5, 0.6) is 0 Å². The molecule has 0 aliphatic heterocycles. The second-order valence-electron chi connectivity index (χ2n) is 4.69. The van der Waals surface area contributed by atoms with Crippen molar-refractivity contribution >= 4 is 6.09 Å². The summed E-state index contributed by atoms with van der Waals surface area (Å²) in [5.41, 5.74) is 1.27. The predicted octanol–water partition coefficient (Wildman–Crippen LogP) is 4.23. The maximum absolute atomic E-state index is 11.3. The summed E-state index contributed by atoms with van der Waals surface area (Å²) < 4.78 is 5.08. The van der Waals surface area contributed by atoms with E-state index in [0.717, 1.165) is 11.1 Å². The van der Waals surface area contributed by atoms with E-state index < -0.39 is 11.7 Å². The number of hydrogen-bond donors (Lipinski definition) is 1. The zero-order valence-electron chi connectivity index (χ0n) is 12.6. The first-order chi connectivity index (χ1) is 8.20. The Hall–Kier alpha value is -1.51. The molecule has 0 spiro atoms. The van der Waals surface area contributed by atoms with E-state index in [-0.39, 0.29) is 0 Å². The van der Waals surface area contributed by atoms with Crippen molar-refractivity contribution in [2.24, 2.45) is 0 Å². The van der Waals surface area contributed by atoms with Gasteiger partial charge in [0, 0.05) is 6.54 Å². The van der Waals surface area contributed by atoms with Gasteiger partial charge in [-0.05, 0) is 33.3 Å². The van der Waals surface area contributed by atoms with Crippen LogP contribution in [0.3, 0.4) is 0 Å². The summed E-state index contributed by atoms with van der Waals surface area (Å²) in [7, 11) is 0. The van der Waals surface area contributed by atoms with Crippen molar-refractivity contribution in [2.45, 2.75) is 47.1 Å². The third-order valence-electron chi connectivity index (χ3n) is 1.46. The summed E-state index contributed by atoms with van der Waals surface area (Å²) in [5.74, 6) is 0. The van der Waals surface area contributed by atoms with E-state index in [9.17, 15) is 4.79 Å². The summed E-state index contributed by atoms with van der Waals surface area (Å²) in [6.45, 7) is 19.3. The van der Waals surface area contributed by atoms with Crippen LogP contribution in [0, 0.1) is 0 Å². The molecule has 0 bridgehead atoms. The second kappa shape index (κ2) is 9.51. The Balaban J connectivity index is 0. The highest BCUT2D eigenvalue weighted by Crippen LogP contribution is 2.06. The quantitative estimate of drug-likeness (QED) is 0.761. The lowest BCUT2D eigenvalue weighted by molar-refractivity contribution is 0.0533.